The van der Waals surface area contributed by atoms with Crippen LogP contribution in [-0.4, -0.2) is 17.0 Å². The molecule has 0 spiro atoms. The molecule has 0 aromatic heterocycles. The zero-order valence-electron chi connectivity index (χ0n) is 6.92. The summed E-state index contributed by atoms with van der Waals surface area (Å²) in [5, 5.41) is 9.21. The Labute approximate surface area is 62.2 Å². The van der Waals surface area contributed by atoms with Gasteiger partial charge in [0.25, 0.3) is 0 Å². The average Bonchev–Trinajstić information content (AvgIpc) is 1.87. The molecular formula is C8H16O2. The Hall–Kier alpha value is -0.370. The molecule has 0 bridgehead atoms. The van der Waals surface area contributed by atoms with Gasteiger partial charge in [-0.2, -0.15) is 0 Å². The first-order chi connectivity index (χ1) is 4.57. The van der Waals surface area contributed by atoms with Crippen molar-refractivity contribution in [3.05, 3.63) is 0 Å². The molecule has 0 heterocycles. The topological polar surface area (TPSA) is 37.3 Å². The van der Waals surface area contributed by atoms with E-state index in [2.05, 4.69) is 0 Å². The largest absolute Gasteiger partial charge is 0.392 e. The summed E-state index contributed by atoms with van der Waals surface area (Å²) >= 11 is 0. The molecule has 1 atom stereocenters. The summed E-state index contributed by atoms with van der Waals surface area (Å²) in [7, 11) is 0. The van der Waals surface area contributed by atoms with Crippen LogP contribution in [0.15, 0.2) is 0 Å². The van der Waals surface area contributed by atoms with Gasteiger partial charge >= 0.3 is 0 Å². The summed E-state index contributed by atoms with van der Waals surface area (Å²) in [6, 6.07) is 0. The lowest BCUT2D eigenvalue weighted by atomic mass is 10.0. The minimum atomic E-state index is -0.451. The fourth-order valence-corrected chi connectivity index (χ4v) is 0.613. The number of ketones is 1. The zero-order chi connectivity index (χ0) is 8.15. The third kappa shape index (κ3) is 3.62. The summed E-state index contributed by atoms with van der Waals surface area (Å²) in [5.41, 5.74) is 0. The molecule has 0 aliphatic rings. The van der Waals surface area contributed by atoms with Gasteiger partial charge in [-0.05, 0) is 5.92 Å². The van der Waals surface area contributed by atoms with Gasteiger partial charge < -0.3 is 5.11 Å². The molecule has 0 aromatic rings. The number of carbonyl (C=O) groups is 1. The van der Waals surface area contributed by atoms with E-state index in [4.69, 9.17) is 0 Å². The average molecular weight is 144 g/mol. The third-order valence-electron chi connectivity index (χ3n) is 1.60. The Morgan fingerprint density at radius 3 is 2.30 bits per heavy atom. The molecule has 0 aliphatic carbocycles. The highest BCUT2D eigenvalue weighted by Gasteiger charge is 2.12. The number of hydrogen-bond acceptors (Lipinski definition) is 2. The van der Waals surface area contributed by atoms with Gasteiger partial charge in [0, 0.05) is 12.8 Å². The quantitative estimate of drug-likeness (QED) is 0.647. The van der Waals surface area contributed by atoms with E-state index in [1.807, 2.05) is 20.8 Å². The van der Waals surface area contributed by atoms with E-state index < -0.39 is 6.10 Å². The number of aliphatic hydroxyl groups excluding tert-OH is 1. The molecule has 60 valence electrons. The Morgan fingerprint density at radius 1 is 1.50 bits per heavy atom. The van der Waals surface area contributed by atoms with Gasteiger partial charge in [0.15, 0.2) is 0 Å². The Kier molecular flexibility index (Phi) is 4.28. The molecule has 0 aliphatic heterocycles. The van der Waals surface area contributed by atoms with Gasteiger partial charge in [-0.25, -0.2) is 0 Å². The van der Waals surface area contributed by atoms with Crippen molar-refractivity contribution in [2.75, 3.05) is 0 Å². The van der Waals surface area contributed by atoms with Crippen LogP contribution in [0.2, 0.25) is 0 Å². The maximum Gasteiger partial charge on any atom is 0.135 e. The maximum absolute atomic E-state index is 10.8. The molecule has 0 radical (unpaired) electrons. The van der Waals surface area contributed by atoms with Gasteiger partial charge in [-0.1, -0.05) is 20.8 Å². The minimum absolute atomic E-state index is 0.140. The number of carbonyl (C=O) groups excluding carboxylic acids is 1. The van der Waals surface area contributed by atoms with E-state index in [0.29, 0.717) is 12.8 Å². The SMILES string of the molecule is CCC(=O)C[C@@H](O)C(C)C. The van der Waals surface area contributed by atoms with Crippen molar-refractivity contribution in [3.8, 4) is 0 Å². The maximum atomic E-state index is 10.8. The Bertz CT molecular complexity index is 108. The van der Waals surface area contributed by atoms with E-state index in [9.17, 15) is 9.90 Å². The molecule has 0 saturated carbocycles. The first-order valence-electron chi connectivity index (χ1n) is 3.77. The Morgan fingerprint density at radius 2 is 2.00 bits per heavy atom. The normalized spacial score (nSPS) is 13.7. The number of rotatable bonds is 4. The molecule has 1 N–H and O–H groups in total. The molecule has 0 unspecified atom stereocenters. The summed E-state index contributed by atoms with van der Waals surface area (Å²) in [4.78, 5) is 10.8. The smallest absolute Gasteiger partial charge is 0.135 e. The monoisotopic (exact) mass is 144 g/mol. The molecule has 2 nitrogen and oxygen atoms in total. The third-order valence-corrected chi connectivity index (χ3v) is 1.60. The van der Waals surface area contributed by atoms with Gasteiger partial charge in [0.1, 0.15) is 5.78 Å². The van der Waals surface area contributed by atoms with Crippen molar-refractivity contribution in [1.82, 2.24) is 0 Å². The van der Waals surface area contributed by atoms with E-state index in [0.717, 1.165) is 0 Å². The molecule has 0 rings (SSSR count). The Balaban J connectivity index is 3.57. The van der Waals surface area contributed by atoms with E-state index in [-0.39, 0.29) is 11.7 Å². The second-order valence-corrected chi connectivity index (χ2v) is 2.91. The zero-order valence-corrected chi connectivity index (χ0v) is 6.92. The number of aliphatic hydroxyl groups is 1. The standard InChI is InChI=1S/C8H16O2/c1-4-7(9)5-8(10)6(2)3/h6,8,10H,4-5H2,1-3H3/t8-/m1/s1. The van der Waals surface area contributed by atoms with Crippen LogP contribution < -0.4 is 0 Å². The van der Waals surface area contributed by atoms with Gasteiger partial charge in [0.2, 0.25) is 0 Å². The van der Waals surface area contributed by atoms with E-state index in [1.54, 1.807) is 0 Å². The van der Waals surface area contributed by atoms with Crippen molar-refractivity contribution in [3.63, 3.8) is 0 Å². The molecular weight excluding hydrogens is 128 g/mol. The first-order valence-corrected chi connectivity index (χ1v) is 3.77. The summed E-state index contributed by atoms with van der Waals surface area (Å²) in [5.74, 6) is 0.330. The lowest BCUT2D eigenvalue weighted by Gasteiger charge is -2.11. The molecule has 0 amide bonds. The van der Waals surface area contributed by atoms with Crippen molar-refractivity contribution in [1.29, 1.82) is 0 Å². The van der Waals surface area contributed by atoms with Crippen LogP contribution in [0.25, 0.3) is 0 Å². The summed E-state index contributed by atoms with van der Waals surface area (Å²) in [6.45, 7) is 5.64. The molecule has 2 heteroatoms. The lowest BCUT2D eigenvalue weighted by Crippen LogP contribution is -2.18. The summed E-state index contributed by atoms with van der Waals surface area (Å²) < 4.78 is 0. The van der Waals surface area contributed by atoms with E-state index >= 15 is 0 Å². The highest BCUT2D eigenvalue weighted by Crippen LogP contribution is 2.06. The van der Waals surface area contributed by atoms with Crippen LogP contribution in [0.3, 0.4) is 0 Å². The van der Waals surface area contributed by atoms with Crippen LogP contribution in [0.1, 0.15) is 33.6 Å². The van der Waals surface area contributed by atoms with Crippen LogP contribution in [0.4, 0.5) is 0 Å². The molecule has 0 saturated heterocycles. The molecule has 10 heavy (non-hydrogen) atoms. The highest BCUT2D eigenvalue weighted by molar-refractivity contribution is 5.78. The van der Waals surface area contributed by atoms with Crippen molar-refractivity contribution < 1.29 is 9.90 Å². The van der Waals surface area contributed by atoms with Crippen molar-refractivity contribution in [2.24, 2.45) is 5.92 Å². The first kappa shape index (κ1) is 9.63. The highest BCUT2D eigenvalue weighted by atomic mass is 16.3. The summed E-state index contributed by atoms with van der Waals surface area (Å²) in [6.07, 6.45) is 0.394. The predicted octanol–water partition coefficient (Wildman–Crippen LogP) is 1.37. The van der Waals surface area contributed by atoms with Gasteiger partial charge in [0.05, 0.1) is 6.10 Å². The number of Topliss-reactive ketones (excluding diaryl/α,β-unsaturated/α-hetero) is 1. The van der Waals surface area contributed by atoms with Crippen molar-refractivity contribution >= 4 is 5.78 Å². The molecule has 0 fully saturated rings. The fourth-order valence-electron chi connectivity index (χ4n) is 0.613. The minimum Gasteiger partial charge on any atom is -0.392 e. The molecule has 0 aromatic carbocycles. The van der Waals surface area contributed by atoms with Crippen LogP contribution >= 0.6 is 0 Å². The van der Waals surface area contributed by atoms with Crippen LogP contribution in [-0.2, 0) is 4.79 Å². The van der Waals surface area contributed by atoms with Gasteiger partial charge in [-0.15, -0.1) is 0 Å². The number of hydrogen-bond donors (Lipinski definition) is 1. The lowest BCUT2D eigenvalue weighted by molar-refractivity contribution is -0.121. The predicted molar refractivity (Wildman–Crippen MR) is 40.8 cm³/mol. The van der Waals surface area contributed by atoms with Crippen LogP contribution in [0, 0.1) is 5.92 Å². The van der Waals surface area contributed by atoms with Crippen LogP contribution in [0.5, 0.6) is 0 Å². The second-order valence-electron chi connectivity index (χ2n) is 2.91. The fraction of sp³-hybridized carbons (Fsp3) is 0.875. The second kappa shape index (κ2) is 4.45. The van der Waals surface area contributed by atoms with Gasteiger partial charge in [-0.3, -0.25) is 4.79 Å². The van der Waals surface area contributed by atoms with Crippen molar-refractivity contribution in [2.45, 2.75) is 39.7 Å². The van der Waals surface area contributed by atoms with E-state index in [1.165, 1.54) is 0 Å².